The molecule has 0 unspecified atom stereocenters. The molecule has 3 heteroatoms. The molecule has 0 aliphatic carbocycles. The van der Waals surface area contributed by atoms with Gasteiger partial charge < -0.3 is 9.90 Å². The zero-order chi connectivity index (χ0) is 6.57. The monoisotopic (exact) mass is 163 g/mol. The van der Waals surface area contributed by atoms with Crippen LogP contribution in [-0.4, -0.2) is 5.97 Å². The fourth-order valence-corrected chi connectivity index (χ4v) is 0.622. The normalized spacial score (nSPS) is 8.78. The van der Waals surface area contributed by atoms with Crippen molar-refractivity contribution in [1.29, 1.82) is 0 Å². The Kier molecular flexibility index (Phi) is 8.35. The molecule has 0 bridgehead atoms. The van der Waals surface area contributed by atoms with E-state index in [1.807, 2.05) is 13.8 Å². The SMILES string of the molecule is CCC(CC)C(=O)[O-].[Ti]. The molecular weight excluding hydrogens is 152 g/mol. The van der Waals surface area contributed by atoms with Crippen LogP contribution in [0.4, 0.5) is 0 Å². The van der Waals surface area contributed by atoms with E-state index in [1.54, 1.807) is 0 Å². The first-order valence-electron chi connectivity index (χ1n) is 2.93. The maximum Gasteiger partial charge on any atom is 0.0445 e. The standard InChI is InChI=1S/C6H12O2.Ti/c1-3-5(4-2)6(7)8;/h5H,3-4H2,1-2H3,(H,7,8);/p-1. The van der Waals surface area contributed by atoms with Gasteiger partial charge >= 0.3 is 0 Å². The molecule has 0 N–H and O–H groups in total. The van der Waals surface area contributed by atoms with Crippen LogP contribution >= 0.6 is 0 Å². The van der Waals surface area contributed by atoms with Gasteiger partial charge in [-0.25, -0.2) is 0 Å². The van der Waals surface area contributed by atoms with Crippen molar-refractivity contribution in [3.05, 3.63) is 0 Å². The van der Waals surface area contributed by atoms with Gasteiger partial charge in [-0.3, -0.25) is 0 Å². The number of rotatable bonds is 3. The van der Waals surface area contributed by atoms with Crippen LogP contribution in [0.2, 0.25) is 0 Å². The fourth-order valence-electron chi connectivity index (χ4n) is 0.622. The maximum absolute atomic E-state index is 10.1. The van der Waals surface area contributed by atoms with Gasteiger partial charge in [0.25, 0.3) is 0 Å². The molecule has 9 heavy (non-hydrogen) atoms. The molecule has 0 aliphatic rings. The van der Waals surface area contributed by atoms with Crippen LogP contribution in [0.3, 0.4) is 0 Å². The molecule has 0 heterocycles. The van der Waals surface area contributed by atoms with E-state index in [0.29, 0.717) is 12.8 Å². The minimum Gasteiger partial charge on any atom is -0.550 e. The van der Waals surface area contributed by atoms with Crippen molar-refractivity contribution >= 4 is 5.97 Å². The molecule has 2 nitrogen and oxygen atoms in total. The van der Waals surface area contributed by atoms with Gasteiger partial charge in [-0.15, -0.1) is 0 Å². The molecule has 0 fully saturated rings. The van der Waals surface area contributed by atoms with Gasteiger partial charge in [0, 0.05) is 27.7 Å². The molecule has 0 rings (SSSR count). The predicted octanol–water partition coefficient (Wildman–Crippen LogP) is 0.170. The Bertz CT molecular complexity index is 79.1. The van der Waals surface area contributed by atoms with Crippen LogP contribution in [0.15, 0.2) is 0 Å². The number of hydrogen-bond donors (Lipinski definition) is 0. The van der Waals surface area contributed by atoms with Crippen LogP contribution in [-0.2, 0) is 26.5 Å². The number of carbonyl (C=O) groups is 1. The molecule has 0 aromatic carbocycles. The second-order valence-corrected chi connectivity index (χ2v) is 1.83. The molecule has 0 saturated carbocycles. The van der Waals surface area contributed by atoms with Crippen LogP contribution < -0.4 is 5.11 Å². The number of carboxylic acid groups (broad SMARTS) is 1. The number of hydrogen-bond acceptors (Lipinski definition) is 2. The molecule has 0 aromatic heterocycles. The number of carbonyl (C=O) groups excluding carboxylic acids is 1. The van der Waals surface area contributed by atoms with Crippen molar-refractivity contribution in [3.8, 4) is 0 Å². The molecule has 0 aromatic rings. The van der Waals surface area contributed by atoms with Gasteiger partial charge in [-0.05, 0) is 18.8 Å². The number of carboxylic acids is 1. The summed E-state index contributed by atoms with van der Waals surface area (Å²) in [5.74, 6) is -1.16. The molecule has 0 aliphatic heterocycles. The van der Waals surface area contributed by atoms with Crippen molar-refractivity contribution in [1.82, 2.24) is 0 Å². The van der Waals surface area contributed by atoms with Crippen LogP contribution in [0.5, 0.6) is 0 Å². The van der Waals surface area contributed by atoms with Gasteiger partial charge in [0.15, 0.2) is 0 Å². The summed E-state index contributed by atoms with van der Waals surface area (Å²) in [4.78, 5) is 10.1. The molecule has 52 valence electrons. The van der Waals surface area contributed by atoms with E-state index in [2.05, 4.69) is 0 Å². The second-order valence-electron chi connectivity index (χ2n) is 1.83. The fraction of sp³-hybridized carbons (Fsp3) is 0.833. The Morgan fingerprint density at radius 3 is 1.78 bits per heavy atom. The zero-order valence-electron chi connectivity index (χ0n) is 5.81. The topological polar surface area (TPSA) is 40.1 Å². The van der Waals surface area contributed by atoms with Gasteiger partial charge in [0.2, 0.25) is 0 Å². The molecule has 0 saturated heterocycles. The second kappa shape index (κ2) is 6.31. The third-order valence-electron chi connectivity index (χ3n) is 1.32. The molecule has 0 radical (unpaired) electrons. The minimum atomic E-state index is -0.921. The van der Waals surface area contributed by atoms with E-state index in [4.69, 9.17) is 0 Å². The van der Waals surface area contributed by atoms with E-state index in [-0.39, 0.29) is 27.6 Å². The molecular formula is C6H11O2Ti-. The maximum atomic E-state index is 10.1. The van der Waals surface area contributed by atoms with Crippen molar-refractivity contribution in [2.45, 2.75) is 26.7 Å². The smallest absolute Gasteiger partial charge is 0.0445 e. The van der Waals surface area contributed by atoms with E-state index in [9.17, 15) is 9.90 Å². The summed E-state index contributed by atoms with van der Waals surface area (Å²) >= 11 is 0. The van der Waals surface area contributed by atoms with Crippen LogP contribution in [0.1, 0.15) is 26.7 Å². The minimum absolute atomic E-state index is 0. The third kappa shape index (κ3) is 4.67. The quantitative estimate of drug-likeness (QED) is 0.556. The van der Waals surface area contributed by atoms with Crippen LogP contribution in [0, 0.1) is 5.92 Å². The first-order valence-corrected chi connectivity index (χ1v) is 2.93. The van der Waals surface area contributed by atoms with Crippen molar-refractivity contribution < 1.29 is 31.6 Å². The summed E-state index contributed by atoms with van der Waals surface area (Å²) in [6.07, 6.45) is 1.36. The summed E-state index contributed by atoms with van der Waals surface area (Å²) in [5, 5.41) is 10.1. The van der Waals surface area contributed by atoms with Gasteiger partial charge in [-0.2, -0.15) is 0 Å². The summed E-state index contributed by atoms with van der Waals surface area (Å²) < 4.78 is 0. The van der Waals surface area contributed by atoms with E-state index >= 15 is 0 Å². The van der Waals surface area contributed by atoms with Crippen molar-refractivity contribution in [2.75, 3.05) is 0 Å². The Morgan fingerprint density at radius 1 is 1.44 bits per heavy atom. The van der Waals surface area contributed by atoms with E-state index in [0.717, 1.165) is 0 Å². The summed E-state index contributed by atoms with van der Waals surface area (Å²) in [6, 6.07) is 0. The van der Waals surface area contributed by atoms with E-state index in [1.165, 1.54) is 0 Å². The van der Waals surface area contributed by atoms with Crippen molar-refractivity contribution in [2.24, 2.45) is 5.92 Å². The van der Waals surface area contributed by atoms with Gasteiger partial charge in [0.05, 0.1) is 0 Å². The first-order chi connectivity index (χ1) is 3.72. The third-order valence-corrected chi connectivity index (χ3v) is 1.32. The number of aliphatic carboxylic acids is 1. The largest absolute Gasteiger partial charge is 0.550 e. The van der Waals surface area contributed by atoms with Gasteiger partial charge in [0.1, 0.15) is 0 Å². The predicted molar refractivity (Wildman–Crippen MR) is 29.1 cm³/mol. The Morgan fingerprint density at radius 2 is 1.78 bits per heavy atom. The molecule has 0 atom stereocenters. The summed E-state index contributed by atoms with van der Waals surface area (Å²) in [5.41, 5.74) is 0. The zero-order valence-corrected chi connectivity index (χ0v) is 7.37. The summed E-state index contributed by atoms with van der Waals surface area (Å²) in [6.45, 7) is 3.70. The van der Waals surface area contributed by atoms with E-state index < -0.39 is 5.97 Å². The average Bonchev–Trinajstić information content (AvgIpc) is 1.69. The Balaban J connectivity index is 0. The first kappa shape index (κ1) is 11.9. The Hall–Kier alpha value is 0.184. The molecule has 0 amide bonds. The van der Waals surface area contributed by atoms with Crippen molar-refractivity contribution in [3.63, 3.8) is 0 Å². The average molecular weight is 163 g/mol. The molecule has 0 spiro atoms. The summed E-state index contributed by atoms with van der Waals surface area (Å²) in [7, 11) is 0. The van der Waals surface area contributed by atoms with Gasteiger partial charge in [-0.1, -0.05) is 13.8 Å². The Labute approximate surface area is 70.5 Å². The van der Waals surface area contributed by atoms with Crippen LogP contribution in [0.25, 0.3) is 0 Å².